The van der Waals surface area contributed by atoms with Crippen LogP contribution < -0.4 is 4.72 Å². The minimum Gasteiger partial charge on any atom is -0.450 e. The molecule has 0 spiro atoms. The van der Waals surface area contributed by atoms with Crippen molar-refractivity contribution in [2.45, 2.75) is 31.3 Å². The van der Waals surface area contributed by atoms with Gasteiger partial charge in [0.25, 0.3) is 10.0 Å². The van der Waals surface area contributed by atoms with E-state index in [-0.39, 0.29) is 21.9 Å². The van der Waals surface area contributed by atoms with Gasteiger partial charge in [-0.25, -0.2) is 8.42 Å². The lowest BCUT2D eigenvalue weighted by atomic mass is 10.0. The molecule has 0 aliphatic rings. The van der Waals surface area contributed by atoms with E-state index in [1.807, 2.05) is 19.9 Å². The Morgan fingerprint density at radius 1 is 1.33 bits per heavy atom. The maximum atomic E-state index is 12.4. The number of rotatable bonds is 5. The number of aliphatic hydroxyl groups is 1. The van der Waals surface area contributed by atoms with Crippen molar-refractivity contribution in [3.63, 3.8) is 0 Å². The first-order chi connectivity index (χ1) is 9.83. The molecule has 1 heterocycles. The molecule has 5 nitrogen and oxygen atoms in total. The van der Waals surface area contributed by atoms with E-state index in [2.05, 4.69) is 20.7 Å². The lowest BCUT2D eigenvalue weighted by Crippen LogP contribution is -2.12. The van der Waals surface area contributed by atoms with Crippen LogP contribution in [0.4, 0.5) is 5.69 Å². The summed E-state index contributed by atoms with van der Waals surface area (Å²) in [5.41, 5.74) is 1.53. The van der Waals surface area contributed by atoms with Gasteiger partial charge in [-0.15, -0.1) is 0 Å². The van der Waals surface area contributed by atoms with E-state index >= 15 is 0 Å². The largest absolute Gasteiger partial charge is 0.450 e. The Morgan fingerprint density at radius 2 is 2.05 bits per heavy atom. The van der Waals surface area contributed by atoms with Crippen LogP contribution in [0.3, 0.4) is 0 Å². The summed E-state index contributed by atoms with van der Waals surface area (Å²) in [6.45, 7) is 3.71. The second kappa shape index (κ2) is 6.21. The van der Waals surface area contributed by atoms with Gasteiger partial charge in [0.05, 0.1) is 0 Å². The number of nitrogens with one attached hydrogen (secondary N) is 1. The molecular formula is C14H16BrNO4S. The summed E-state index contributed by atoms with van der Waals surface area (Å²) >= 11 is 3.05. The monoisotopic (exact) mass is 373 g/mol. The van der Waals surface area contributed by atoms with Gasteiger partial charge in [-0.1, -0.05) is 26.0 Å². The minimum absolute atomic E-state index is 0.0403. The number of furan rings is 1. The third-order valence-corrected chi connectivity index (χ3v) is 5.20. The molecule has 0 amide bonds. The second-order valence-electron chi connectivity index (χ2n) is 4.89. The lowest BCUT2D eigenvalue weighted by Gasteiger charge is -2.10. The topological polar surface area (TPSA) is 79.5 Å². The first-order valence-corrected chi connectivity index (χ1v) is 8.63. The predicted octanol–water partition coefficient (Wildman–Crippen LogP) is 3.46. The smallest absolute Gasteiger partial charge is 0.266 e. The number of halogens is 1. The average molecular weight is 374 g/mol. The molecule has 0 aliphatic carbocycles. The van der Waals surface area contributed by atoms with Gasteiger partial charge in [0.2, 0.25) is 0 Å². The molecule has 0 radical (unpaired) electrons. The van der Waals surface area contributed by atoms with Crippen LogP contribution in [0.15, 0.2) is 44.3 Å². The average Bonchev–Trinajstić information content (AvgIpc) is 2.80. The highest BCUT2D eigenvalue weighted by Gasteiger charge is 2.22. The van der Waals surface area contributed by atoms with Crippen molar-refractivity contribution in [3.8, 4) is 0 Å². The summed E-state index contributed by atoms with van der Waals surface area (Å²) in [6.07, 6.45) is 0. The highest BCUT2D eigenvalue weighted by Crippen LogP contribution is 2.28. The van der Waals surface area contributed by atoms with Crippen LogP contribution >= 0.6 is 15.9 Å². The van der Waals surface area contributed by atoms with Crippen molar-refractivity contribution in [3.05, 3.63) is 46.3 Å². The fourth-order valence-corrected chi connectivity index (χ4v) is 3.88. The molecule has 1 aromatic carbocycles. The van der Waals surface area contributed by atoms with Crippen LogP contribution in [0.5, 0.6) is 0 Å². The van der Waals surface area contributed by atoms with Crippen LogP contribution in [0, 0.1) is 0 Å². The van der Waals surface area contributed by atoms with Gasteiger partial charge in [-0.05, 0) is 39.5 Å². The molecule has 0 unspecified atom stereocenters. The van der Waals surface area contributed by atoms with Crippen LogP contribution in [0.1, 0.15) is 31.1 Å². The van der Waals surface area contributed by atoms with Gasteiger partial charge in [0.1, 0.15) is 17.3 Å². The van der Waals surface area contributed by atoms with Crippen molar-refractivity contribution in [1.82, 2.24) is 0 Å². The van der Waals surface area contributed by atoms with E-state index in [1.165, 1.54) is 6.07 Å². The molecular weight excluding hydrogens is 358 g/mol. The van der Waals surface area contributed by atoms with Crippen molar-refractivity contribution in [2.24, 2.45) is 0 Å². The standard InChI is InChI=1S/C14H16BrNO4S/c1-9(2)10-4-3-5-11(6-10)16-21(18,19)13-7-12(8-17)20-14(13)15/h3-7,9,16-17H,8H2,1-2H3. The summed E-state index contributed by atoms with van der Waals surface area (Å²) in [4.78, 5) is -0.0403. The SMILES string of the molecule is CC(C)c1cccc(NS(=O)(=O)c2cc(CO)oc2Br)c1. The third-order valence-electron chi connectivity index (χ3n) is 2.96. The van der Waals surface area contributed by atoms with Crippen molar-refractivity contribution in [2.75, 3.05) is 4.72 Å². The van der Waals surface area contributed by atoms with Gasteiger partial charge in [-0.2, -0.15) is 0 Å². The Kier molecular flexibility index (Phi) is 4.75. The molecule has 7 heteroatoms. The third kappa shape index (κ3) is 3.66. The summed E-state index contributed by atoms with van der Waals surface area (Å²) in [6, 6.07) is 8.52. The zero-order valence-corrected chi connectivity index (χ0v) is 14.0. The van der Waals surface area contributed by atoms with E-state index in [0.717, 1.165) is 5.56 Å². The number of sulfonamides is 1. The fraction of sp³-hybridized carbons (Fsp3) is 0.286. The lowest BCUT2D eigenvalue weighted by molar-refractivity contribution is 0.245. The van der Waals surface area contributed by atoms with Gasteiger partial charge >= 0.3 is 0 Å². The Balaban J connectivity index is 2.33. The highest BCUT2D eigenvalue weighted by molar-refractivity contribution is 9.10. The Hall–Kier alpha value is -1.31. The molecule has 0 atom stereocenters. The summed E-state index contributed by atoms with van der Waals surface area (Å²) in [7, 11) is -3.78. The van der Waals surface area contributed by atoms with Crippen molar-refractivity contribution in [1.29, 1.82) is 0 Å². The first-order valence-electron chi connectivity index (χ1n) is 6.35. The van der Waals surface area contributed by atoms with E-state index < -0.39 is 10.0 Å². The van der Waals surface area contributed by atoms with Crippen LogP contribution in [0.2, 0.25) is 0 Å². The number of hydrogen-bond acceptors (Lipinski definition) is 4. The number of anilines is 1. The summed E-state index contributed by atoms with van der Waals surface area (Å²) in [5.74, 6) is 0.481. The number of benzene rings is 1. The van der Waals surface area contributed by atoms with Gasteiger partial charge in [0, 0.05) is 11.8 Å². The molecule has 0 bridgehead atoms. The number of aliphatic hydroxyl groups excluding tert-OH is 1. The molecule has 0 saturated heterocycles. The zero-order valence-electron chi connectivity index (χ0n) is 11.6. The molecule has 0 saturated carbocycles. The summed E-state index contributed by atoms with van der Waals surface area (Å²) in [5, 5.41) is 9.00. The zero-order chi connectivity index (χ0) is 15.6. The van der Waals surface area contributed by atoms with E-state index in [1.54, 1.807) is 18.2 Å². The molecule has 1 aromatic heterocycles. The maximum Gasteiger partial charge on any atom is 0.266 e. The Morgan fingerprint density at radius 3 is 2.62 bits per heavy atom. The first kappa shape index (κ1) is 16.1. The molecule has 114 valence electrons. The maximum absolute atomic E-state index is 12.4. The minimum atomic E-state index is -3.78. The normalized spacial score (nSPS) is 11.9. The van der Waals surface area contributed by atoms with Gasteiger partial charge < -0.3 is 9.52 Å². The molecule has 0 fully saturated rings. The van der Waals surface area contributed by atoms with Gasteiger partial charge in [0.15, 0.2) is 4.67 Å². The van der Waals surface area contributed by atoms with Gasteiger partial charge in [-0.3, -0.25) is 4.72 Å². The fourth-order valence-electron chi connectivity index (χ4n) is 1.83. The van der Waals surface area contributed by atoms with Crippen LogP contribution in [0.25, 0.3) is 0 Å². The Bertz CT molecular complexity index is 737. The summed E-state index contributed by atoms with van der Waals surface area (Å²) < 4.78 is 32.4. The van der Waals surface area contributed by atoms with Crippen LogP contribution in [-0.4, -0.2) is 13.5 Å². The van der Waals surface area contributed by atoms with E-state index in [9.17, 15) is 8.42 Å². The Labute approximate surface area is 132 Å². The highest BCUT2D eigenvalue weighted by atomic mass is 79.9. The molecule has 2 rings (SSSR count). The van der Waals surface area contributed by atoms with E-state index in [4.69, 9.17) is 9.52 Å². The molecule has 21 heavy (non-hydrogen) atoms. The van der Waals surface area contributed by atoms with Crippen molar-refractivity contribution < 1.29 is 17.9 Å². The van der Waals surface area contributed by atoms with Crippen molar-refractivity contribution >= 4 is 31.6 Å². The molecule has 2 aromatic rings. The van der Waals surface area contributed by atoms with E-state index in [0.29, 0.717) is 11.6 Å². The number of hydrogen-bond donors (Lipinski definition) is 2. The predicted molar refractivity (Wildman–Crippen MR) is 83.7 cm³/mol. The quantitative estimate of drug-likeness (QED) is 0.840. The van der Waals surface area contributed by atoms with Crippen LogP contribution in [-0.2, 0) is 16.6 Å². The molecule has 0 aliphatic heterocycles. The second-order valence-corrected chi connectivity index (χ2v) is 7.27. The molecule has 2 N–H and O–H groups in total.